The van der Waals surface area contributed by atoms with Gasteiger partial charge in [-0.15, -0.1) is 0 Å². The molecule has 4 heteroatoms. The Kier molecular flexibility index (Phi) is 3.72. The van der Waals surface area contributed by atoms with E-state index in [9.17, 15) is 0 Å². The minimum Gasteiger partial charge on any atom is -0.359 e. The Bertz CT molecular complexity index is 421. The van der Waals surface area contributed by atoms with Crippen molar-refractivity contribution >= 4 is 21.6 Å². The van der Waals surface area contributed by atoms with Gasteiger partial charge in [0.25, 0.3) is 0 Å². The van der Waals surface area contributed by atoms with Crippen molar-refractivity contribution in [2.24, 2.45) is 0 Å². The molecule has 0 atom stereocenters. The molecule has 1 N–H and O–H groups in total. The molecule has 1 rings (SSSR count). The van der Waals surface area contributed by atoms with Crippen molar-refractivity contribution < 1.29 is 0 Å². The first-order valence-electron chi connectivity index (χ1n) is 3.79. The van der Waals surface area contributed by atoms with Crippen LogP contribution in [0.15, 0.2) is 40.5 Å². The smallest absolute Gasteiger partial charge is 0.145 e. The topological polar surface area (TPSA) is 59.6 Å². The fourth-order valence-electron chi connectivity index (χ4n) is 0.818. The minimum absolute atomic E-state index is 0.0424. The lowest BCUT2D eigenvalue weighted by molar-refractivity contribution is 1.44. The number of hydrogen-bond acceptors (Lipinski definition) is 3. The number of allylic oxidation sites excluding steroid dienone is 1. The first-order valence-corrected chi connectivity index (χ1v) is 4.58. The second-order valence-electron chi connectivity index (χ2n) is 2.41. The summed E-state index contributed by atoms with van der Waals surface area (Å²) >= 11 is 3.33. The summed E-state index contributed by atoms with van der Waals surface area (Å²) in [7, 11) is 0. The summed E-state index contributed by atoms with van der Waals surface area (Å²) in [6.45, 7) is 0. The van der Waals surface area contributed by atoms with Gasteiger partial charge in [0.15, 0.2) is 0 Å². The number of nitrogens with one attached hydrogen (secondary N) is 1. The van der Waals surface area contributed by atoms with Crippen LogP contribution in [0.4, 0.5) is 5.69 Å². The standard InChI is InChI=1S/C10H6BrN3/c11-9-3-1-2-4-10(9)14-7-8(5-12)6-13/h1-4,7,14H. The molecule has 0 aromatic heterocycles. The van der Waals surface area contributed by atoms with Gasteiger partial charge < -0.3 is 5.32 Å². The second-order valence-corrected chi connectivity index (χ2v) is 3.26. The molecular weight excluding hydrogens is 242 g/mol. The van der Waals surface area contributed by atoms with E-state index in [1.54, 1.807) is 12.1 Å². The molecule has 0 aliphatic carbocycles. The van der Waals surface area contributed by atoms with E-state index in [2.05, 4.69) is 21.2 Å². The quantitative estimate of drug-likeness (QED) is 0.818. The van der Waals surface area contributed by atoms with Crippen LogP contribution in [0.1, 0.15) is 0 Å². The van der Waals surface area contributed by atoms with Crippen LogP contribution in [0.2, 0.25) is 0 Å². The van der Waals surface area contributed by atoms with Gasteiger partial charge in [0.1, 0.15) is 17.7 Å². The summed E-state index contributed by atoms with van der Waals surface area (Å²) in [5.41, 5.74) is 0.858. The normalized spacial score (nSPS) is 8.21. The minimum atomic E-state index is 0.0424. The van der Waals surface area contributed by atoms with Crippen molar-refractivity contribution in [2.75, 3.05) is 5.32 Å². The van der Waals surface area contributed by atoms with Crippen LogP contribution in [0.5, 0.6) is 0 Å². The molecule has 0 aliphatic heterocycles. The molecule has 14 heavy (non-hydrogen) atoms. The van der Waals surface area contributed by atoms with E-state index in [0.717, 1.165) is 10.2 Å². The molecule has 0 aliphatic rings. The molecule has 0 spiro atoms. The summed E-state index contributed by atoms with van der Waals surface area (Å²) in [6.07, 6.45) is 1.38. The van der Waals surface area contributed by atoms with Gasteiger partial charge >= 0.3 is 0 Å². The summed E-state index contributed by atoms with van der Waals surface area (Å²) < 4.78 is 0.881. The van der Waals surface area contributed by atoms with Crippen LogP contribution in [-0.4, -0.2) is 0 Å². The Morgan fingerprint density at radius 2 is 1.93 bits per heavy atom. The van der Waals surface area contributed by atoms with Crippen LogP contribution in [-0.2, 0) is 0 Å². The zero-order chi connectivity index (χ0) is 10.4. The fraction of sp³-hybridized carbons (Fsp3) is 0. The third kappa shape index (κ3) is 2.62. The number of rotatable bonds is 2. The number of anilines is 1. The zero-order valence-electron chi connectivity index (χ0n) is 7.16. The van der Waals surface area contributed by atoms with Crippen molar-refractivity contribution in [3.05, 3.63) is 40.5 Å². The Labute approximate surface area is 90.4 Å². The molecule has 3 nitrogen and oxygen atoms in total. The maximum Gasteiger partial charge on any atom is 0.145 e. The molecule has 1 aromatic rings. The van der Waals surface area contributed by atoms with Crippen molar-refractivity contribution in [2.45, 2.75) is 0 Å². The SMILES string of the molecule is N#CC(C#N)=CNc1ccccc1Br. The van der Waals surface area contributed by atoms with Gasteiger partial charge in [0.2, 0.25) is 0 Å². The number of para-hydroxylation sites is 1. The highest BCUT2D eigenvalue weighted by molar-refractivity contribution is 9.10. The Balaban J connectivity index is 2.83. The molecule has 0 amide bonds. The highest BCUT2D eigenvalue weighted by Crippen LogP contribution is 2.21. The largest absolute Gasteiger partial charge is 0.359 e. The van der Waals surface area contributed by atoms with E-state index in [0.29, 0.717) is 0 Å². The summed E-state index contributed by atoms with van der Waals surface area (Å²) in [5, 5.41) is 19.8. The van der Waals surface area contributed by atoms with Crippen LogP contribution in [0, 0.1) is 22.7 Å². The van der Waals surface area contributed by atoms with Gasteiger partial charge in [0, 0.05) is 10.7 Å². The lowest BCUT2D eigenvalue weighted by Gasteiger charge is -2.01. The number of nitriles is 2. The molecule has 0 radical (unpaired) electrons. The molecule has 0 bridgehead atoms. The molecular formula is C10H6BrN3. The fourth-order valence-corrected chi connectivity index (χ4v) is 1.22. The van der Waals surface area contributed by atoms with Crippen molar-refractivity contribution in [3.8, 4) is 12.1 Å². The Morgan fingerprint density at radius 1 is 1.29 bits per heavy atom. The summed E-state index contributed by atoms with van der Waals surface area (Å²) in [5.74, 6) is 0. The van der Waals surface area contributed by atoms with Gasteiger partial charge in [-0.1, -0.05) is 12.1 Å². The predicted molar refractivity (Wildman–Crippen MR) is 57.1 cm³/mol. The van der Waals surface area contributed by atoms with E-state index in [-0.39, 0.29) is 5.57 Å². The third-order valence-corrected chi connectivity index (χ3v) is 2.18. The monoisotopic (exact) mass is 247 g/mol. The third-order valence-electron chi connectivity index (χ3n) is 1.49. The van der Waals surface area contributed by atoms with E-state index < -0.39 is 0 Å². The van der Waals surface area contributed by atoms with E-state index in [1.807, 2.05) is 24.3 Å². The highest BCUT2D eigenvalue weighted by Gasteiger charge is 1.96. The molecule has 1 aromatic carbocycles. The number of hydrogen-bond donors (Lipinski definition) is 1. The van der Waals surface area contributed by atoms with Crippen molar-refractivity contribution in [1.29, 1.82) is 10.5 Å². The van der Waals surface area contributed by atoms with Crippen LogP contribution < -0.4 is 5.32 Å². The van der Waals surface area contributed by atoms with Crippen LogP contribution >= 0.6 is 15.9 Å². The molecule has 0 heterocycles. The lowest BCUT2D eigenvalue weighted by Crippen LogP contribution is -1.90. The highest BCUT2D eigenvalue weighted by atomic mass is 79.9. The summed E-state index contributed by atoms with van der Waals surface area (Å²) in [6, 6.07) is 11.0. The van der Waals surface area contributed by atoms with Gasteiger partial charge in [-0.05, 0) is 28.1 Å². The first kappa shape index (κ1) is 10.3. The van der Waals surface area contributed by atoms with Crippen LogP contribution in [0.25, 0.3) is 0 Å². The van der Waals surface area contributed by atoms with Gasteiger partial charge in [-0.2, -0.15) is 10.5 Å². The number of halogens is 1. The molecule has 0 saturated heterocycles. The Hall–Kier alpha value is -1.78. The van der Waals surface area contributed by atoms with E-state index >= 15 is 0 Å². The van der Waals surface area contributed by atoms with E-state index in [4.69, 9.17) is 10.5 Å². The van der Waals surface area contributed by atoms with E-state index in [1.165, 1.54) is 6.20 Å². The predicted octanol–water partition coefficient (Wildman–Crippen LogP) is 2.79. The molecule has 68 valence electrons. The number of nitrogens with zero attached hydrogens (tertiary/aromatic N) is 2. The second kappa shape index (κ2) is 5.06. The maximum absolute atomic E-state index is 8.48. The molecule has 0 saturated carbocycles. The first-order chi connectivity index (χ1) is 6.77. The maximum atomic E-state index is 8.48. The van der Waals surface area contributed by atoms with Gasteiger partial charge in [0.05, 0.1) is 5.69 Å². The van der Waals surface area contributed by atoms with Gasteiger partial charge in [-0.25, -0.2) is 0 Å². The molecule has 0 fully saturated rings. The summed E-state index contributed by atoms with van der Waals surface area (Å²) in [4.78, 5) is 0. The average Bonchev–Trinajstić information content (AvgIpc) is 2.22. The molecule has 0 unspecified atom stereocenters. The van der Waals surface area contributed by atoms with Crippen LogP contribution in [0.3, 0.4) is 0 Å². The average molecular weight is 248 g/mol. The lowest BCUT2D eigenvalue weighted by atomic mass is 10.3. The van der Waals surface area contributed by atoms with Gasteiger partial charge in [-0.3, -0.25) is 0 Å². The Morgan fingerprint density at radius 3 is 2.50 bits per heavy atom. The zero-order valence-corrected chi connectivity index (χ0v) is 8.75. The van der Waals surface area contributed by atoms with Crippen molar-refractivity contribution in [1.82, 2.24) is 0 Å². The number of benzene rings is 1. The van der Waals surface area contributed by atoms with Crippen molar-refractivity contribution in [3.63, 3.8) is 0 Å².